The highest BCUT2D eigenvalue weighted by atomic mass is 15.1. The summed E-state index contributed by atoms with van der Waals surface area (Å²) < 4.78 is 5.08. The van der Waals surface area contributed by atoms with Gasteiger partial charge in [0.2, 0.25) is 0 Å². The van der Waals surface area contributed by atoms with Crippen molar-refractivity contribution in [3.05, 3.63) is 289 Å². The van der Waals surface area contributed by atoms with E-state index in [1.807, 2.05) is 0 Å². The summed E-state index contributed by atoms with van der Waals surface area (Å²) in [5.41, 5.74) is 24.3. The highest BCUT2D eigenvalue weighted by Gasteiger charge is 2.27. The van der Waals surface area contributed by atoms with Gasteiger partial charge in [-0.25, -0.2) is 0 Å². The van der Waals surface area contributed by atoms with Gasteiger partial charge < -0.3 is 18.8 Å². The minimum Gasteiger partial charge on any atom is -0.311 e. The third kappa shape index (κ3) is 9.96. The van der Waals surface area contributed by atoms with Gasteiger partial charge in [-0.15, -0.1) is 0 Å². The number of hydrogen-bond donors (Lipinski definition) is 0. The van der Waals surface area contributed by atoms with Crippen LogP contribution in [0.4, 0.5) is 34.1 Å². The lowest BCUT2D eigenvalue weighted by Gasteiger charge is -2.28. The van der Waals surface area contributed by atoms with E-state index in [4.69, 9.17) is 0 Å². The Labute approximate surface area is 552 Å². The Balaban J connectivity index is 0.834. The number of hydrogen-bond acceptors (Lipinski definition) is 2. The van der Waals surface area contributed by atoms with E-state index in [0.717, 1.165) is 39.8 Å². The second-order valence-electron chi connectivity index (χ2n) is 30.4. The van der Waals surface area contributed by atoms with Crippen LogP contribution in [0.15, 0.2) is 267 Å². The molecule has 3 aromatic heterocycles. The smallest absolute Gasteiger partial charge is 0.0628 e. The number of benzene rings is 13. The molecule has 16 aromatic rings. The summed E-state index contributed by atoms with van der Waals surface area (Å²) in [6.45, 7) is 27.3. The Bertz CT molecular complexity index is 5450. The van der Waals surface area contributed by atoms with Crippen LogP contribution >= 0.6 is 0 Å². The Morgan fingerprint density at radius 1 is 0.245 bits per heavy atom. The Morgan fingerprint density at radius 3 is 1.02 bits per heavy atom. The van der Waals surface area contributed by atoms with Crippen LogP contribution in [-0.4, -0.2) is 8.97 Å². The molecule has 4 nitrogen and oxygen atoms in total. The van der Waals surface area contributed by atoms with Crippen molar-refractivity contribution in [2.45, 2.75) is 105 Å². The zero-order chi connectivity index (χ0) is 64.7. The lowest BCUT2D eigenvalue weighted by molar-refractivity contribution is 0.590. The normalized spacial score (nSPS) is 12.7. The van der Waals surface area contributed by atoms with Gasteiger partial charge in [0.25, 0.3) is 0 Å². The van der Waals surface area contributed by atoms with Crippen molar-refractivity contribution in [3.8, 4) is 27.9 Å². The van der Waals surface area contributed by atoms with Crippen molar-refractivity contribution >= 4 is 116 Å². The zero-order valence-electron chi connectivity index (χ0n) is 56.2. The average Bonchev–Trinajstić information content (AvgIpc) is 1.52. The first-order valence-corrected chi connectivity index (χ1v) is 33.5. The molecule has 0 fully saturated rings. The minimum atomic E-state index is 0.0590. The maximum Gasteiger partial charge on any atom is 0.0628 e. The molecular weight excluding hydrogens is 1140 g/mol. The first-order valence-electron chi connectivity index (χ1n) is 33.5. The molecule has 0 spiro atoms. The molecule has 0 N–H and O–H groups in total. The van der Waals surface area contributed by atoms with Gasteiger partial charge in [-0.2, -0.15) is 0 Å². The van der Waals surface area contributed by atoms with Gasteiger partial charge >= 0.3 is 0 Å². The van der Waals surface area contributed by atoms with E-state index in [0.29, 0.717) is 0 Å². The summed E-state index contributed by atoms with van der Waals surface area (Å²) in [4.78, 5) is 4.77. The molecule has 0 aliphatic heterocycles. The lowest BCUT2D eigenvalue weighted by atomic mass is 9.86. The fraction of sp³-hybridized carbons (Fsp3) is 0.178. The van der Waals surface area contributed by atoms with Gasteiger partial charge in [0, 0.05) is 72.1 Å². The molecule has 0 amide bonds. The summed E-state index contributed by atoms with van der Waals surface area (Å²) in [7, 11) is 0. The fourth-order valence-electron chi connectivity index (χ4n) is 14.7. The van der Waals surface area contributed by atoms with E-state index in [1.54, 1.807) is 0 Å². The summed E-state index contributed by atoms with van der Waals surface area (Å²) in [5, 5.41) is 12.5. The largest absolute Gasteiger partial charge is 0.311 e. The van der Waals surface area contributed by atoms with Gasteiger partial charge in [0.1, 0.15) is 0 Å². The maximum atomic E-state index is 2.60. The number of aromatic nitrogens is 2. The van der Waals surface area contributed by atoms with Crippen LogP contribution in [0.1, 0.15) is 105 Å². The fourth-order valence-corrected chi connectivity index (χ4v) is 14.7. The van der Waals surface area contributed by atoms with Crippen molar-refractivity contribution in [3.63, 3.8) is 0 Å². The Kier molecular flexibility index (Phi) is 13.5. The summed E-state index contributed by atoms with van der Waals surface area (Å²) in [6.07, 6.45) is 0. The van der Waals surface area contributed by atoms with Crippen molar-refractivity contribution in [1.82, 2.24) is 8.97 Å². The third-order valence-corrected chi connectivity index (χ3v) is 20.0. The van der Waals surface area contributed by atoms with Gasteiger partial charge in [0.15, 0.2) is 0 Å². The minimum absolute atomic E-state index is 0.0590. The second kappa shape index (κ2) is 21.6. The van der Waals surface area contributed by atoms with Gasteiger partial charge in [-0.05, 0) is 221 Å². The monoisotopic (exact) mass is 1220 g/mol. The SMILES string of the molecule is CC(C)(C)c1ccc(N(c2ccc(-c3ccc4cc5c6cc7c(c8ccccc8n7-c7ccccc7)c7c8cc9ccc(-c%10ccc(N(c%11ccc(C(C)(C)C)cc%11)c%11ccc(C(C)(C)C)cc%11)cc%10)cc9cc8n(c5cc4c3)c67)cc2)c2ccc(C(C)(C)C)cc2)cc1. The Morgan fingerprint density at radius 2 is 0.606 bits per heavy atom. The number of nitrogens with zero attached hydrogens (tertiary/aromatic N) is 4. The van der Waals surface area contributed by atoms with Gasteiger partial charge in [0.05, 0.1) is 27.6 Å². The number of anilines is 6. The molecule has 0 bridgehead atoms. The molecule has 94 heavy (non-hydrogen) atoms. The molecule has 0 saturated carbocycles. The van der Waals surface area contributed by atoms with Crippen molar-refractivity contribution in [2.75, 3.05) is 9.80 Å². The van der Waals surface area contributed by atoms with Crippen molar-refractivity contribution in [2.24, 2.45) is 0 Å². The second-order valence-corrected chi connectivity index (χ2v) is 30.4. The average molecular weight is 1220 g/mol. The van der Waals surface area contributed by atoms with E-state index in [9.17, 15) is 0 Å². The predicted molar refractivity (Wildman–Crippen MR) is 405 cm³/mol. The molecule has 0 radical (unpaired) electrons. The molecule has 13 aromatic carbocycles. The first kappa shape index (κ1) is 58.7. The van der Waals surface area contributed by atoms with E-state index in [-0.39, 0.29) is 21.7 Å². The molecule has 460 valence electrons. The molecule has 16 rings (SSSR count). The summed E-state index contributed by atoms with van der Waals surface area (Å²) in [6, 6.07) is 101. The van der Waals surface area contributed by atoms with Crippen LogP contribution in [0.5, 0.6) is 0 Å². The summed E-state index contributed by atoms with van der Waals surface area (Å²) >= 11 is 0. The Hall–Kier alpha value is -10.4. The summed E-state index contributed by atoms with van der Waals surface area (Å²) in [5.74, 6) is 0. The molecule has 0 saturated heterocycles. The van der Waals surface area contributed by atoms with Gasteiger partial charge in [-0.1, -0.05) is 217 Å². The molecular formula is C90H80N4. The standard InChI is InChI=1S/C90H80N4/c1-87(2,3)65-30-42-72(43-31-65)91(73-44-32-66(33-45-73)88(4,5)6)70-38-26-57(27-39-70)59-22-24-61-52-77-78-56-83-84(76-20-16-17-21-80(76)93(83)69-18-14-13-15-19-69)85-79-53-62-25-23-60(51-64(62)55-82(79)94(86(78)85)81(77)54-63(61)50-59)58-28-40-71(41-29-58)92(74-46-34-67(35-47-74)89(7,8)9)75-48-36-68(37-49-75)90(10,11)12/h13-56H,1-12H3. The van der Waals surface area contributed by atoms with E-state index >= 15 is 0 Å². The molecule has 0 atom stereocenters. The molecule has 4 heteroatoms. The third-order valence-electron chi connectivity index (χ3n) is 20.0. The van der Waals surface area contributed by atoms with Crippen molar-refractivity contribution in [1.29, 1.82) is 0 Å². The van der Waals surface area contributed by atoms with E-state index in [2.05, 4.69) is 369 Å². The zero-order valence-corrected chi connectivity index (χ0v) is 56.2. The van der Waals surface area contributed by atoms with Crippen LogP contribution in [-0.2, 0) is 21.7 Å². The van der Waals surface area contributed by atoms with Gasteiger partial charge in [-0.3, -0.25) is 0 Å². The molecule has 0 aliphatic rings. The number of para-hydroxylation sites is 2. The molecule has 0 unspecified atom stereocenters. The van der Waals surface area contributed by atoms with Crippen LogP contribution in [0, 0.1) is 0 Å². The first-order chi connectivity index (χ1) is 45.1. The van der Waals surface area contributed by atoms with E-state index < -0.39 is 0 Å². The van der Waals surface area contributed by atoms with Crippen LogP contribution in [0.25, 0.3) is 109 Å². The molecule has 3 heterocycles. The van der Waals surface area contributed by atoms with E-state index in [1.165, 1.54) is 126 Å². The number of fused-ring (bicyclic) bond motifs is 12. The quantitative estimate of drug-likeness (QED) is 0.143. The predicted octanol–water partition coefficient (Wildman–Crippen LogP) is 25.7. The molecule has 0 aliphatic carbocycles. The van der Waals surface area contributed by atoms with Crippen LogP contribution in [0.3, 0.4) is 0 Å². The highest BCUT2D eigenvalue weighted by Crippen LogP contribution is 2.49. The number of rotatable bonds is 9. The van der Waals surface area contributed by atoms with Crippen LogP contribution < -0.4 is 9.80 Å². The highest BCUT2D eigenvalue weighted by molar-refractivity contribution is 6.37. The lowest BCUT2D eigenvalue weighted by Crippen LogP contribution is -2.14. The topological polar surface area (TPSA) is 15.8 Å². The van der Waals surface area contributed by atoms with Crippen molar-refractivity contribution < 1.29 is 0 Å². The van der Waals surface area contributed by atoms with Crippen LogP contribution in [0.2, 0.25) is 0 Å². The maximum absolute atomic E-state index is 2.60.